The van der Waals surface area contributed by atoms with E-state index in [2.05, 4.69) is 47.1 Å². The quantitative estimate of drug-likeness (QED) is 0.275. The molecule has 3 aliphatic rings. The number of nitrogens with one attached hydrogen (secondary N) is 1. The smallest absolute Gasteiger partial charge is 0.161 e. The van der Waals surface area contributed by atoms with E-state index in [9.17, 15) is 15.3 Å². The Balaban J connectivity index is 1.46. The monoisotopic (exact) mass is 597 g/mol. The maximum Gasteiger partial charge on any atom is 0.161 e. The summed E-state index contributed by atoms with van der Waals surface area (Å²) in [7, 11) is 0. The number of aryl methyl sites for hydroxylation is 1. The third-order valence-electron chi connectivity index (χ3n) is 9.20. The largest absolute Gasteiger partial charge is 0.504 e. The molecule has 0 aliphatic carbocycles. The van der Waals surface area contributed by atoms with Crippen molar-refractivity contribution in [1.29, 1.82) is 0 Å². The summed E-state index contributed by atoms with van der Waals surface area (Å²) in [5, 5.41) is 36.8. The third kappa shape index (κ3) is 6.82. The molecule has 4 heterocycles. The molecular formula is C36H43N3O5. The van der Waals surface area contributed by atoms with E-state index in [0.29, 0.717) is 37.5 Å². The zero-order valence-corrected chi connectivity index (χ0v) is 25.3. The van der Waals surface area contributed by atoms with Gasteiger partial charge in [-0.15, -0.1) is 0 Å². The fourth-order valence-corrected chi connectivity index (χ4v) is 6.59. The van der Waals surface area contributed by atoms with Crippen molar-refractivity contribution in [1.82, 2.24) is 9.88 Å². The summed E-state index contributed by atoms with van der Waals surface area (Å²) in [5.74, 6) is 8.74. The number of aromatic hydroxyl groups is 1. The molecule has 2 aromatic carbocycles. The van der Waals surface area contributed by atoms with Gasteiger partial charge in [0.25, 0.3) is 0 Å². The zero-order valence-electron chi connectivity index (χ0n) is 25.3. The molecule has 1 aromatic heterocycles. The lowest BCUT2D eigenvalue weighted by molar-refractivity contribution is 0.0139. The Kier molecular flexibility index (Phi) is 9.29. The molecule has 0 spiro atoms. The number of fused-ring (bicyclic) bond motifs is 6. The van der Waals surface area contributed by atoms with Crippen LogP contribution in [-0.2, 0) is 17.8 Å². The first kappa shape index (κ1) is 30.3. The Hall–Kier alpha value is -3.74. The second kappa shape index (κ2) is 13.5. The van der Waals surface area contributed by atoms with Crippen molar-refractivity contribution >= 4 is 16.6 Å². The maximum atomic E-state index is 11.2. The van der Waals surface area contributed by atoms with Gasteiger partial charge in [-0.3, -0.25) is 0 Å². The number of nitrogens with two attached hydrogens (primary N) is 1. The number of hydrogen-bond donors (Lipinski definition) is 5. The van der Waals surface area contributed by atoms with Gasteiger partial charge in [0.2, 0.25) is 0 Å². The van der Waals surface area contributed by atoms with Crippen LogP contribution in [0, 0.1) is 23.7 Å². The van der Waals surface area contributed by atoms with Gasteiger partial charge in [0, 0.05) is 46.8 Å². The number of aliphatic hydroxyl groups excluding tert-OH is 2. The number of aromatic nitrogens is 1. The minimum Gasteiger partial charge on any atom is -0.504 e. The van der Waals surface area contributed by atoms with Crippen molar-refractivity contribution in [2.24, 2.45) is 17.6 Å². The van der Waals surface area contributed by atoms with Crippen LogP contribution in [0.2, 0.25) is 0 Å². The molecule has 3 aromatic rings. The predicted octanol–water partition coefficient (Wildman–Crippen LogP) is 4.81. The van der Waals surface area contributed by atoms with E-state index >= 15 is 0 Å². The van der Waals surface area contributed by atoms with Gasteiger partial charge in [-0.25, -0.2) is 0 Å². The molecule has 44 heavy (non-hydrogen) atoms. The fourth-order valence-electron chi connectivity index (χ4n) is 6.59. The number of aliphatic hydroxyl groups is 2. The molecule has 8 nitrogen and oxygen atoms in total. The van der Waals surface area contributed by atoms with Gasteiger partial charge >= 0.3 is 0 Å². The number of dihydropyridines is 1. The van der Waals surface area contributed by atoms with E-state index in [0.717, 1.165) is 64.5 Å². The van der Waals surface area contributed by atoms with Crippen LogP contribution in [0.15, 0.2) is 66.0 Å². The van der Waals surface area contributed by atoms with Gasteiger partial charge in [-0.05, 0) is 80.2 Å². The Bertz CT molecular complexity index is 1610. The Morgan fingerprint density at radius 3 is 2.86 bits per heavy atom. The van der Waals surface area contributed by atoms with E-state index in [-0.39, 0.29) is 31.0 Å². The Morgan fingerprint density at radius 2 is 2.00 bits per heavy atom. The van der Waals surface area contributed by atoms with Crippen LogP contribution in [0.25, 0.3) is 16.6 Å². The average Bonchev–Trinajstić information content (AvgIpc) is 3.45. The lowest BCUT2D eigenvalue weighted by atomic mass is 9.84. The standard InChI is InChI=1S/C36H43N3O5/c1-23-7-10-26-17-35(37)38-36-32(26)22-43-30(13-11-25(23)6-3-15-40)18-29(41)12-8-24-9-14-33(42)34(16-24)44-21-28-5-2-4-27-19-39(36)20-31(27)28/h2,4-5,9,14,16-17,19-20,23,25,29-30,35,38,40-42H,3,6,8,11-13,15,18,21-22,37H2,1H3/t23-,25+,29-,30+,35?/m1/s1. The van der Waals surface area contributed by atoms with Crippen LogP contribution < -0.4 is 15.8 Å². The summed E-state index contributed by atoms with van der Waals surface area (Å²) in [5.41, 5.74) is 10.3. The second-order valence-corrected chi connectivity index (χ2v) is 12.4. The third-order valence-corrected chi connectivity index (χ3v) is 9.20. The predicted molar refractivity (Wildman–Crippen MR) is 171 cm³/mol. The molecular weight excluding hydrogens is 554 g/mol. The van der Waals surface area contributed by atoms with Gasteiger partial charge in [-0.1, -0.05) is 43.0 Å². The molecule has 0 fully saturated rings. The Labute approximate surface area is 259 Å². The van der Waals surface area contributed by atoms with E-state index < -0.39 is 12.3 Å². The number of hydrogen-bond acceptors (Lipinski definition) is 7. The number of benzene rings is 2. The summed E-state index contributed by atoms with van der Waals surface area (Å²) in [6, 6.07) is 11.5. The number of phenols is 1. The average molecular weight is 598 g/mol. The highest BCUT2D eigenvalue weighted by Crippen LogP contribution is 2.33. The van der Waals surface area contributed by atoms with Gasteiger partial charge in [0.1, 0.15) is 12.4 Å². The van der Waals surface area contributed by atoms with Gasteiger partial charge in [-0.2, -0.15) is 0 Å². The molecule has 3 aliphatic heterocycles. The van der Waals surface area contributed by atoms with Crippen LogP contribution >= 0.6 is 0 Å². The fraction of sp³-hybridized carbons (Fsp3) is 0.444. The topological polar surface area (TPSA) is 122 Å². The molecule has 5 atom stereocenters. The highest BCUT2D eigenvalue weighted by molar-refractivity contribution is 5.87. The first-order valence-electron chi connectivity index (χ1n) is 15.8. The number of rotatable bonds is 3. The van der Waals surface area contributed by atoms with E-state index in [1.165, 1.54) is 0 Å². The first-order valence-corrected chi connectivity index (χ1v) is 15.8. The number of nitrogens with zero attached hydrogens (tertiary/aromatic N) is 1. The van der Waals surface area contributed by atoms with Crippen molar-refractivity contribution < 1.29 is 24.8 Å². The molecule has 1 unspecified atom stereocenters. The van der Waals surface area contributed by atoms with Crippen molar-refractivity contribution in [3.63, 3.8) is 0 Å². The molecule has 232 valence electrons. The molecule has 8 heteroatoms. The number of ether oxygens (including phenoxy) is 2. The molecule has 6 bridgehead atoms. The molecule has 6 rings (SSSR count). The minimum absolute atomic E-state index is 0.0908. The van der Waals surface area contributed by atoms with E-state index in [1.807, 2.05) is 30.3 Å². The summed E-state index contributed by atoms with van der Waals surface area (Å²) in [6.45, 7) is 2.94. The zero-order chi connectivity index (χ0) is 30.6. The normalized spacial score (nSPS) is 26.0. The molecule has 0 amide bonds. The molecule has 0 radical (unpaired) electrons. The van der Waals surface area contributed by atoms with Crippen LogP contribution in [-0.4, -0.2) is 51.5 Å². The first-order chi connectivity index (χ1) is 21.4. The van der Waals surface area contributed by atoms with Crippen LogP contribution in [0.1, 0.15) is 56.6 Å². The number of phenolic OH excluding ortho intramolecular Hbond substituents is 1. The molecule has 0 saturated heterocycles. The second-order valence-electron chi connectivity index (χ2n) is 12.4. The summed E-state index contributed by atoms with van der Waals surface area (Å²) < 4.78 is 14.9. The van der Waals surface area contributed by atoms with Crippen molar-refractivity contribution in [3.05, 3.63) is 77.1 Å². The highest BCUT2D eigenvalue weighted by atomic mass is 16.5. The summed E-state index contributed by atoms with van der Waals surface area (Å²) in [4.78, 5) is 0. The lowest BCUT2D eigenvalue weighted by Crippen LogP contribution is -2.40. The van der Waals surface area contributed by atoms with Crippen LogP contribution in [0.3, 0.4) is 0 Å². The van der Waals surface area contributed by atoms with Gasteiger partial charge < -0.3 is 40.4 Å². The van der Waals surface area contributed by atoms with Crippen LogP contribution in [0.5, 0.6) is 11.5 Å². The SMILES string of the molecule is C[C@@H]1C#CC2=CC(N)NC3=C2CO[C@@H](CC[C@@H]1CCCO)C[C@H](O)CCc1ccc(O)c(c1)OCc1cccc2cn3cc12. The Morgan fingerprint density at radius 1 is 1.11 bits per heavy atom. The van der Waals surface area contributed by atoms with Gasteiger partial charge in [0.05, 0.1) is 25.0 Å². The maximum absolute atomic E-state index is 11.2. The lowest BCUT2D eigenvalue weighted by Gasteiger charge is -2.28. The molecule has 6 N–H and O–H groups in total. The summed E-state index contributed by atoms with van der Waals surface area (Å²) in [6.07, 6.45) is 10.0. The van der Waals surface area contributed by atoms with Crippen LogP contribution in [0.4, 0.5) is 0 Å². The van der Waals surface area contributed by atoms with E-state index in [4.69, 9.17) is 15.2 Å². The van der Waals surface area contributed by atoms with Gasteiger partial charge in [0.15, 0.2) is 11.5 Å². The van der Waals surface area contributed by atoms with Crippen molar-refractivity contribution in [2.75, 3.05) is 13.2 Å². The summed E-state index contributed by atoms with van der Waals surface area (Å²) >= 11 is 0. The van der Waals surface area contributed by atoms with E-state index in [1.54, 1.807) is 6.07 Å². The van der Waals surface area contributed by atoms with Crippen molar-refractivity contribution in [3.8, 4) is 23.3 Å². The highest BCUT2D eigenvalue weighted by Gasteiger charge is 2.26. The van der Waals surface area contributed by atoms with Crippen molar-refractivity contribution in [2.45, 2.75) is 76.9 Å². The minimum atomic E-state index is -0.558. The molecule has 0 saturated carbocycles.